The van der Waals surface area contributed by atoms with Crippen LogP contribution in [0.1, 0.15) is 12.8 Å². The van der Waals surface area contributed by atoms with E-state index < -0.39 is 37.6 Å². The van der Waals surface area contributed by atoms with Gasteiger partial charge in [0, 0.05) is 50.4 Å². The fourth-order valence-electron chi connectivity index (χ4n) is 4.66. The van der Waals surface area contributed by atoms with Crippen molar-refractivity contribution >= 4 is 25.2 Å². The highest BCUT2D eigenvalue weighted by molar-refractivity contribution is 7.51. The van der Waals surface area contributed by atoms with Gasteiger partial charge < -0.3 is 9.64 Å². The lowest BCUT2D eigenvalue weighted by molar-refractivity contribution is 0.0937. The minimum absolute atomic E-state index is 0.0482. The summed E-state index contributed by atoms with van der Waals surface area (Å²) in [5.74, 6) is 0.877. The molecule has 2 unspecified atom stereocenters. The number of carbonyl (C=O) groups excluding carboxylic acids is 1. The number of aromatic nitrogens is 3. The molecular formula is C22H25F2N6O5P. The Morgan fingerprint density at radius 3 is 2.58 bits per heavy atom. The van der Waals surface area contributed by atoms with Crippen LogP contribution in [0.3, 0.4) is 0 Å². The van der Waals surface area contributed by atoms with E-state index in [1.54, 1.807) is 10.9 Å². The highest BCUT2D eigenvalue weighted by Gasteiger charge is 2.43. The first-order valence-corrected chi connectivity index (χ1v) is 13.0. The van der Waals surface area contributed by atoms with Crippen LogP contribution in [0.4, 0.5) is 25.0 Å². The van der Waals surface area contributed by atoms with E-state index in [1.807, 2.05) is 0 Å². The van der Waals surface area contributed by atoms with Crippen molar-refractivity contribution in [3.05, 3.63) is 36.2 Å². The number of anilines is 2. The van der Waals surface area contributed by atoms with Crippen molar-refractivity contribution in [2.24, 2.45) is 0 Å². The molecular weight excluding hydrogens is 497 g/mol. The Morgan fingerprint density at radius 2 is 1.92 bits per heavy atom. The summed E-state index contributed by atoms with van der Waals surface area (Å²) < 4.78 is 63.1. The van der Waals surface area contributed by atoms with E-state index >= 15 is 8.78 Å². The first-order chi connectivity index (χ1) is 17.4. The van der Waals surface area contributed by atoms with Gasteiger partial charge in [-0.05, 0) is 6.42 Å². The third kappa shape index (κ3) is 4.82. The van der Waals surface area contributed by atoms with Crippen LogP contribution in [-0.4, -0.2) is 77.3 Å². The number of hydrogen-bond acceptors (Lipinski definition) is 8. The molecule has 1 amide bonds. The first kappa shape index (κ1) is 24.6. The molecule has 11 nitrogen and oxygen atoms in total. The standard InChI is InChI=1S/C22H25F2N6O5P/c1-2-4-16-13-27(7-8-30(16)36(32)33-9-3-10-34-36)21-19(23)11-17(12-20(21)24)29-15-18(35-22(29)31)14-28-6-5-25-26-28/h1,5-6,11-12,16,18H,3-4,7-10,13-15H2. The summed E-state index contributed by atoms with van der Waals surface area (Å²) >= 11 is 0. The fraction of sp³-hybridized carbons (Fsp3) is 0.500. The molecule has 5 rings (SSSR count). The summed E-state index contributed by atoms with van der Waals surface area (Å²) in [6.07, 6.45) is 8.23. The maximum absolute atomic E-state index is 15.3. The van der Waals surface area contributed by atoms with Crippen LogP contribution in [0, 0.1) is 24.0 Å². The monoisotopic (exact) mass is 522 g/mol. The van der Waals surface area contributed by atoms with Crippen LogP contribution in [0.25, 0.3) is 0 Å². The van der Waals surface area contributed by atoms with E-state index in [4.69, 9.17) is 20.2 Å². The highest BCUT2D eigenvalue weighted by Crippen LogP contribution is 2.56. The second-order valence-corrected chi connectivity index (χ2v) is 10.6. The first-order valence-electron chi connectivity index (χ1n) is 11.5. The van der Waals surface area contributed by atoms with Gasteiger partial charge in [0.2, 0.25) is 0 Å². The molecule has 192 valence electrons. The van der Waals surface area contributed by atoms with E-state index in [2.05, 4.69) is 16.2 Å². The molecule has 1 aromatic carbocycles. The molecule has 36 heavy (non-hydrogen) atoms. The van der Waals surface area contributed by atoms with E-state index in [0.717, 1.165) is 12.1 Å². The topological polar surface area (TPSA) is 102 Å². The van der Waals surface area contributed by atoms with Crippen molar-refractivity contribution in [1.29, 1.82) is 0 Å². The third-order valence-corrected chi connectivity index (χ3v) is 8.46. The van der Waals surface area contributed by atoms with Crippen LogP contribution in [0.2, 0.25) is 0 Å². The molecule has 0 bridgehead atoms. The molecule has 0 saturated carbocycles. The predicted octanol–water partition coefficient (Wildman–Crippen LogP) is 2.64. The second-order valence-electron chi connectivity index (χ2n) is 8.66. The molecule has 4 heterocycles. The molecule has 3 aliphatic rings. The van der Waals surface area contributed by atoms with Crippen molar-refractivity contribution < 1.29 is 31.9 Å². The van der Waals surface area contributed by atoms with Crippen molar-refractivity contribution in [1.82, 2.24) is 19.7 Å². The lowest BCUT2D eigenvalue weighted by atomic mass is 10.1. The minimum atomic E-state index is -3.52. The van der Waals surface area contributed by atoms with Crippen molar-refractivity contribution in [2.75, 3.05) is 49.2 Å². The van der Waals surface area contributed by atoms with Gasteiger partial charge >= 0.3 is 13.8 Å². The molecule has 2 atom stereocenters. The Morgan fingerprint density at radius 1 is 1.17 bits per heavy atom. The third-order valence-electron chi connectivity index (χ3n) is 6.28. The zero-order chi connectivity index (χ0) is 25.3. The number of piperazine rings is 1. The van der Waals surface area contributed by atoms with Crippen LogP contribution in [0.15, 0.2) is 24.5 Å². The number of carbonyl (C=O) groups is 1. The second kappa shape index (κ2) is 10.1. The van der Waals surface area contributed by atoms with Gasteiger partial charge in [-0.15, -0.1) is 17.4 Å². The Hall–Kier alpha value is -3.04. The zero-order valence-corrected chi connectivity index (χ0v) is 20.2. The van der Waals surface area contributed by atoms with E-state index in [1.165, 1.54) is 20.7 Å². The molecule has 0 spiro atoms. The Labute approximate surface area is 206 Å². The molecule has 0 aliphatic carbocycles. The summed E-state index contributed by atoms with van der Waals surface area (Å²) in [4.78, 5) is 15.1. The summed E-state index contributed by atoms with van der Waals surface area (Å²) in [6, 6.07) is 1.72. The van der Waals surface area contributed by atoms with Gasteiger partial charge in [0.05, 0.1) is 38.2 Å². The Bertz CT molecular complexity index is 1180. The van der Waals surface area contributed by atoms with E-state index in [9.17, 15) is 9.36 Å². The molecule has 3 fully saturated rings. The van der Waals surface area contributed by atoms with Gasteiger partial charge in [0.1, 0.15) is 11.8 Å². The largest absolute Gasteiger partial charge is 0.442 e. The number of amides is 1. The molecule has 14 heteroatoms. The Balaban J connectivity index is 1.32. The number of benzene rings is 1. The zero-order valence-electron chi connectivity index (χ0n) is 19.3. The molecule has 0 radical (unpaired) electrons. The SMILES string of the molecule is C#CCC1CN(c2c(F)cc(N3CC(Cn4ccnn4)OC3=O)cc2F)CCN1P1(=O)OCCCO1. The molecule has 1 aromatic heterocycles. The number of nitrogens with zero attached hydrogens (tertiary/aromatic N) is 6. The van der Waals surface area contributed by atoms with Crippen LogP contribution in [-0.2, 0) is 24.9 Å². The molecule has 3 aliphatic heterocycles. The predicted molar refractivity (Wildman–Crippen MR) is 124 cm³/mol. The lowest BCUT2D eigenvalue weighted by Crippen LogP contribution is -2.52. The van der Waals surface area contributed by atoms with Gasteiger partial charge in [-0.25, -0.2) is 27.5 Å². The van der Waals surface area contributed by atoms with Gasteiger partial charge in [-0.2, -0.15) is 0 Å². The van der Waals surface area contributed by atoms with Crippen molar-refractivity contribution in [3.8, 4) is 12.3 Å². The van der Waals surface area contributed by atoms with Crippen LogP contribution < -0.4 is 9.80 Å². The summed E-state index contributed by atoms with van der Waals surface area (Å²) in [5.41, 5.74) is -0.192. The summed E-state index contributed by atoms with van der Waals surface area (Å²) in [7, 11) is -3.52. The smallest absolute Gasteiger partial charge is 0.414 e. The highest BCUT2D eigenvalue weighted by atomic mass is 31.2. The number of halogens is 2. The number of ether oxygens (including phenoxy) is 1. The summed E-state index contributed by atoms with van der Waals surface area (Å²) in [6.45, 7) is 1.48. The van der Waals surface area contributed by atoms with Crippen LogP contribution in [0.5, 0.6) is 0 Å². The van der Waals surface area contributed by atoms with Crippen LogP contribution >= 0.6 is 7.75 Å². The lowest BCUT2D eigenvalue weighted by Gasteiger charge is -2.44. The van der Waals surface area contributed by atoms with Crippen molar-refractivity contribution in [3.63, 3.8) is 0 Å². The fourth-order valence-corrected chi connectivity index (χ4v) is 6.64. The number of terminal acetylenes is 1. The number of cyclic esters (lactones) is 1. The maximum Gasteiger partial charge on any atom is 0.414 e. The van der Waals surface area contributed by atoms with Gasteiger partial charge in [0.15, 0.2) is 11.6 Å². The van der Waals surface area contributed by atoms with E-state index in [0.29, 0.717) is 19.6 Å². The van der Waals surface area contributed by atoms with Crippen molar-refractivity contribution in [2.45, 2.75) is 31.5 Å². The van der Waals surface area contributed by atoms with Gasteiger partial charge in [-0.3, -0.25) is 13.9 Å². The maximum atomic E-state index is 15.3. The van der Waals surface area contributed by atoms with E-state index in [-0.39, 0.29) is 50.5 Å². The minimum Gasteiger partial charge on any atom is -0.442 e. The summed E-state index contributed by atoms with van der Waals surface area (Å²) in [5, 5.41) is 7.54. The number of rotatable bonds is 6. The molecule has 2 aromatic rings. The Kier molecular flexibility index (Phi) is 6.94. The average Bonchev–Trinajstić information content (AvgIpc) is 3.49. The molecule has 3 saturated heterocycles. The number of hydrogen-bond donors (Lipinski definition) is 0. The van der Waals surface area contributed by atoms with Gasteiger partial charge in [0.25, 0.3) is 0 Å². The average molecular weight is 522 g/mol. The quantitative estimate of drug-likeness (QED) is 0.419. The van der Waals surface area contributed by atoms with Gasteiger partial charge in [-0.1, -0.05) is 5.21 Å². The normalized spacial score (nSPS) is 24.5. The molecule has 0 N–H and O–H groups in total.